The summed E-state index contributed by atoms with van der Waals surface area (Å²) < 4.78 is 15.6. The minimum Gasteiger partial charge on any atom is -0.377 e. The van der Waals surface area contributed by atoms with Crippen molar-refractivity contribution in [3.05, 3.63) is 46.5 Å². The molecule has 0 saturated carbocycles. The molecular weight excluding hydrogens is 303 g/mol. The maximum absolute atomic E-state index is 13.6. The molecule has 5 heteroatoms. The van der Waals surface area contributed by atoms with Gasteiger partial charge in [0, 0.05) is 39.4 Å². The van der Waals surface area contributed by atoms with E-state index in [1.54, 1.807) is 6.07 Å². The van der Waals surface area contributed by atoms with Crippen LogP contribution in [0.2, 0.25) is 0 Å². The Morgan fingerprint density at radius 1 is 1.29 bits per heavy atom. The SMILES string of the molecule is CC(NCc1c2c(nn1C)CCCC2)c1ccc(F)cc1N(C)C. The van der Waals surface area contributed by atoms with E-state index in [0.717, 1.165) is 30.6 Å². The second kappa shape index (κ2) is 6.93. The van der Waals surface area contributed by atoms with Gasteiger partial charge in [-0.3, -0.25) is 4.68 Å². The summed E-state index contributed by atoms with van der Waals surface area (Å²) in [5.74, 6) is -0.199. The summed E-state index contributed by atoms with van der Waals surface area (Å²) >= 11 is 0. The number of rotatable bonds is 5. The van der Waals surface area contributed by atoms with Crippen molar-refractivity contribution in [1.29, 1.82) is 0 Å². The van der Waals surface area contributed by atoms with Gasteiger partial charge in [0.2, 0.25) is 0 Å². The fraction of sp³-hybridized carbons (Fsp3) is 0.526. The van der Waals surface area contributed by atoms with Gasteiger partial charge in [-0.1, -0.05) is 6.07 Å². The molecular formula is C19H27FN4. The molecule has 4 nitrogen and oxygen atoms in total. The monoisotopic (exact) mass is 330 g/mol. The average molecular weight is 330 g/mol. The van der Waals surface area contributed by atoms with E-state index in [1.807, 2.05) is 36.8 Å². The minimum atomic E-state index is -0.199. The quantitative estimate of drug-likeness (QED) is 0.912. The number of fused-ring (bicyclic) bond motifs is 1. The predicted octanol–water partition coefficient (Wildman–Crippen LogP) is 3.35. The van der Waals surface area contributed by atoms with Crippen molar-refractivity contribution in [1.82, 2.24) is 15.1 Å². The highest BCUT2D eigenvalue weighted by Gasteiger charge is 2.20. The topological polar surface area (TPSA) is 33.1 Å². The molecule has 1 aromatic carbocycles. The van der Waals surface area contributed by atoms with Crippen LogP contribution in [0.3, 0.4) is 0 Å². The van der Waals surface area contributed by atoms with Crippen LogP contribution < -0.4 is 10.2 Å². The van der Waals surface area contributed by atoms with Crippen LogP contribution in [0.15, 0.2) is 18.2 Å². The highest BCUT2D eigenvalue weighted by atomic mass is 19.1. The Balaban J connectivity index is 1.77. The third kappa shape index (κ3) is 3.31. The summed E-state index contributed by atoms with van der Waals surface area (Å²) in [6.07, 6.45) is 4.73. The lowest BCUT2D eigenvalue weighted by Crippen LogP contribution is -2.23. The molecule has 1 atom stereocenters. The van der Waals surface area contributed by atoms with Crippen LogP contribution in [0.1, 0.15) is 48.3 Å². The number of benzene rings is 1. The number of hydrogen-bond acceptors (Lipinski definition) is 3. The smallest absolute Gasteiger partial charge is 0.125 e. The van der Waals surface area contributed by atoms with Crippen LogP contribution in [0.4, 0.5) is 10.1 Å². The molecule has 0 aliphatic heterocycles. The van der Waals surface area contributed by atoms with E-state index < -0.39 is 0 Å². The fourth-order valence-corrected chi connectivity index (χ4v) is 3.60. The first kappa shape index (κ1) is 17.0. The van der Waals surface area contributed by atoms with Crippen molar-refractivity contribution in [2.75, 3.05) is 19.0 Å². The first-order chi connectivity index (χ1) is 11.5. The van der Waals surface area contributed by atoms with E-state index in [0.29, 0.717) is 0 Å². The first-order valence-electron chi connectivity index (χ1n) is 8.71. The maximum Gasteiger partial charge on any atom is 0.125 e. The van der Waals surface area contributed by atoms with E-state index in [1.165, 1.54) is 35.9 Å². The van der Waals surface area contributed by atoms with Gasteiger partial charge in [-0.15, -0.1) is 0 Å². The summed E-state index contributed by atoms with van der Waals surface area (Å²) in [7, 11) is 5.92. The molecule has 1 aliphatic rings. The molecule has 0 fully saturated rings. The van der Waals surface area contributed by atoms with E-state index in [9.17, 15) is 4.39 Å². The summed E-state index contributed by atoms with van der Waals surface area (Å²) in [6, 6.07) is 5.14. The third-order valence-corrected chi connectivity index (χ3v) is 4.96. The normalized spacial score (nSPS) is 15.2. The second-order valence-corrected chi connectivity index (χ2v) is 6.90. The lowest BCUT2D eigenvalue weighted by molar-refractivity contribution is 0.543. The van der Waals surface area contributed by atoms with Gasteiger partial charge in [0.05, 0.1) is 11.4 Å². The van der Waals surface area contributed by atoms with Crippen molar-refractivity contribution >= 4 is 5.69 Å². The molecule has 3 rings (SSSR count). The van der Waals surface area contributed by atoms with Gasteiger partial charge in [0.25, 0.3) is 0 Å². The molecule has 24 heavy (non-hydrogen) atoms. The molecule has 0 radical (unpaired) electrons. The molecule has 2 aromatic rings. The molecule has 1 unspecified atom stereocenters. The van der Waals surface area contributed by atoms with Gasteiger partial charge >= 0.3 is 0 Å². The predicted molar refractivity (Wildman–Crippen MR) is 95.8 cm³/mol. The van der Waals surface area contributed by atoms with Crippen molar-refractivity contribution in [2.24, 2.45) is 7.05 Å². The lowest BCUT2D eigenvalue weighted by atomic mass is 9.95. The molecule has 1 heterocycles. The Hall–Kier alpha value is -1.88. The Morgan fingerprint density at radius 3 is 2.79 bits per heavy atom. The van der Waals surface area contributed by atoms with Gasteiger partial charge < -0.3 is 10.2 Å². The summed E-state index contributed by atoms with van der Waals surface area (Å²) in [5.41, 5.74) is 6.00. The molecule has 0 spiro atoms. The average Bonchev–Trinajstić information content (AvgIpc) is 2.87. The molecule has 0 amide bonds. The Labute approximate surface area is 143 Å². The van der Waals surface area contributed by atoms with Crippen LogP contribution in [0.5, 0.6) is 0 Å². The largest absolute Gasteiger partial charge is 0.377 e. The van der Waals surface area contributed by atoms with Gasteiger partial charge in [-0.25, -0.2) is 4.39 Å². The molecule has 0 bridgehead atoms. The number of aryl methyl sites for hydroxylation is 2. The van der Waals surface area contributed by atoms with Gasteiger partial charge in [0.15, 0.2) is 0 Å². The zero-order valence-corrected chi connectivity index (χ0v) is 15.1. The Kier molecular flexibility index (Phi) is 4.90. The maximum atomic E-state index is 13.6. The number of hydrogen-bond donors (Lipinski definition) is 1. The van der Waals surface area contributed by atoms with Crippen LogP contribution in [-0.2, 0) is 26.4 Å². The van der Waals surface area contributed by atoms with Gasteiger partial charge in [0.1, 0.15) is 5.82 Å². The Morgan fingerprint density at radius 2 is 2.04 bits per heavy atom. The van der Waals surface area contributed by atoms with Crippen LogP contribution in [0, 0.1) is 5.82 Å². The molecule has 0 saturated heterocycles. The Bertz CT molecular complexity index is 720. The standard InChI is InChI=1S/C19H27FN4/c1-13(15-10-9-14(20)11-18(15)23(2)3)21-12-19-16-7-5-6-8-17(16)22-24(19)4/h9-11,13,21H,5-8,12H2,1-4H3. The van der Waals surface area contributed by atoms with Crippen molar-refractivity contribution in [2.45, 2.75) is 45.2 Å². The van der Waals surface area contributed by atoms with E-state index >= 15 is 0 Å². The first-order valence-corrected chi connectivity index (χ1v) is 8.71. The molecule has 1 aromatic heterocycles. The molecule has 130 valence electrons. The third-order valence-electron chi connectivity index (χ3n) is 4.96. The summed E-state index contributed by atoms with van der Waals surface area (Å²) in [4.78, 5) is 1.96. The van der Waals surface area contributed by atoms with Crippen molar-refractivity contribution < 1.29 is 4.39 Å². The fourth-order valence-electron chi connectivity index (χ4n) is 3.60. The highest BCUT2D eigenvalue weighted by Crippen LogP contribution is 2.27. The summed E-state index contributed by atoms with van der Waals surface area (Å²) in [6.45, 7) is 2.91. The van der Waals surface area contributed by atoms with Gasteiger partial charge in [-0.2, -0.15) is 5.10 Å². The minimum absolute atomic E-state index is 0.136. The molecule has 1 N–H and O–H groups in total. The number of halogens is 1. The number of aromatic nitrogens is 2. The van der Waals surface area contributed by atoms with Crippen LogP contribution in [-0.4, -0.2) is 23.9 Å². The number of nitrogens with zero attached hydrogens (tertiary/aromatic N) is 3. The number of nitrogens with one attached hydrogen (secondary N) is 1. The van der Waals surface area contributed by atoms with E-state index in [-0.39, 0.29) is 11.9 Å². The lowest BCUT2D eigenvalue weighted by Gasteiger charge is -2.23. The van der Waals surface area contributed by atoms with Crippen molar-refractivity contribution in [3.8, 4) is 0 Å². The van der Waals surface area contributed by atoms with Crippen LogP contribution in [0.25, 0.3) is 0 Å². The zero-order chi connectivity index (χ0) is 17.3. The zero-order valence-electron chi connectivity index (χ0n) is 15.1. The summed E-state index contributed by atoms with van der Waals surface area (Å²) in [5, 5.41) is 8.28. The van der Waals surface area contributed by atoms with Crippen LogP contribution >= 0.6 is 0 Å². The highest BCUT2D eigenvalue weighted by molar-refractivity contribution is 5.54. The number of anilines is 1. The second-order valence-electron chi connectivity index (χ2n) is 6.90. The van der Waals surface area contributed by atoms with E-state index in [2.05, 4.69) is 17.3 Å². The van der Waals surface area contributed by atoms with Crippen molar-refractivity contribution in [3.63, 3.8) is 0 Å². The molecule has 1 aliphatic carbocycles. The van der Waals surface area contributed by atoms with Gasteiger partial charge in [-0.05, 0) is 55.9 Å². The van der Waals surface area contributed by atoms with E-state index in [4.69, 9.17) is 0 Å².